The van der Waals surface area contributed by atoms with E-state index in [0.29, 0.717) is 29.4 Å². The van der Waals surface area contributed by atoms with Gasteiger partial charge in [-0.3, -0.25) is 4.79 Å². The maximum Gasteiger partial charge on any atom is 0.258 e. The van der Waals surface area contributed by atoms with Crippen LogP contribution in [-0.2, 0) is 0 Å². The highest BCUT2D eigenvalue weighted by molar-refractivity contribution is 6.30. The normalized spacial score (nSPS) is 13.7. The highest BCUT2D eigenvalue weighted by Crippen LogP contribution is 2.31. The fourth-order valence-corrected chi connectivity index (χ4v) is 3.35. The molecule has 0 aliphatic rings. The zero-order valence-corrected chi connectivity index (χ0v) is 15.2. The van der Waals surface area contributed by atoms with Crippen molar-refractivity contribution in [1.29, 1.82) is 0 Å². The van der Waals surface area contributed by atoms with Crippen LogP contribution in [0.2, 0.25) is 5.02 Å². The lowest BCUT2D eigenvalue weighted by molar-refractivity contribution is 0.162. The standard InChI is InChI=1S/C20H17ClF3NO2/c1-10(2-7-17(26)11-3-5-15(22)14(21)8-11)13-9-25-20(27)18-12(13)4-6-16(23)19(18)24/h3-6,8-10,17,26H,2,7H2,1H3,(H,25,27). The van der Waals surface area contributed by atoms with Crippen molar-refractivity contribution >= 4 is 22.4 Å². The SMILES string of the molecule is CC(CCC(O)c1ccc(F)c(Cl)c1)c1c[nH]c(=O)c2c(F)c(F)ccc12. The van der Waals surface area contributed by atoms with Gasteiger partial charge < -0.3 is 10.1 Å². The lowest BCUT2D eigenvalue weighted by atomic mass is 9.91. The molecule has 1 aromatic heterocycles. The van der Waals surface area contributed by atoms with Gasteiger partial charge >= 0.3 is 0 Å². The van der Waals surface area contributed by atoms with Crippen molar-refractivity contribution in [2.24, 2.45) is 0 Å². The molecule has 0 radical (unpaired) electrons. The van der Waals surface area contributed by atoms with E-state index in [1.807, 2.05) is 6.92 Å². The zero-order chi connectivity index (χ0) is 19.7. The van der Waals surface area contributed by atoms with E-state index in [1.165, 1.54) is 30.5 Å². The maximum atomic E-state index is 14.0. The molecule has 3 nitrogen and oxygen atoms in total. The van der Waals surface area contributed by atoms with Crippen LogP contribution in [0.3, 0.4) is 0 Å². The second-order valence-corrected chi connectivity index (χ2v) is 6.93. The minimum Gasteiger partial charge on any atom is -0.388 e. The topological polar surface area (TPSA) is 53.1 Å². The highest BCUT2D eigenvalue weighted by Gasteiger charge is 2.18. The predicted octanol–water partition coefficient (Wildman–Crippen LogP) is 5.22. The van der Waals surface area contributed by atoms with E-state index in [2.05, 4.69) is 4.98 Å². The number of pyridine rings is 1. The number of rotatable bonds is 5. The van der Waals surface area contributed by atoms with Gasteiger partial charge in [-0.05, 0) is 53.5 Å². The molecule has 0 amide bonds. The molecule has 0 bridgehead atoms. The summed E-state index contributed by atoms with van der Waals surface area (Å²) in [6.45, 7) is 1.86. The first-order chi connectivity index (χ1) is 12.8. The number of hydrogen-bond acceptors (Lipinski definition) is 2. The Labute approximate surface area is 158 Å². The molecule has 142 valence electrons. The Morgan fingerprint density at radius 3 is 2.52 bits per heavy atom. The molecule has 3 rings (SSSR count). The summed E-state index contributed by atoms with van der Waals surface area (Å²) in [5, 5.41) is 10.3. The minimum atomic E-state index is -1.18. The van der Waals surface area contributed by atoms with Gasteiger partial charge in [0.1, 0.15) is 5.82 Å². The van der Waals surface area contributed by atoms with Crippen molar-refractivity contribution in [1.82, 2.24) is 4.98 Å². The fourth-order valence-electron chi connectivity index (χ4n) is 3.16. The molecule has 0 saturated heterocycles. The van der Waals surface area contributed by atoms with Crippen LogP contribution in [0.4, 0.5) is 13.2 Å². The minimum absolute atomic E-state index is 0.0660. The first-order valence-electron chi connectivity index (χ1n) is 8.42. The van der Waals surface area contributed by atoms with Crippen molar-refractivity contribution in [3.05, 3.63) is 80.5 Å². The van der Waals surface area contributed by atoms with Gasteiger partial charge in [0.2, 0.25) is 0 Å². The van der Waals surface area contributed by atoms with E-state index >= 15 is 0 Å². The third-order valence-electron chi connectivity index (χ3n) is 4.72. The van der Waals surface area contributed by atoms with Crippen LogP contribution in [0.25, 0.3) is 10.8 Å². The van der Waals surface area contributed by atoms with Crippen LogP contribution in [0, 0.1) is 17.5 Å². The van der Waals surface area contributed by atoms with Crippen LogP contribution in [0.15, 0.2) is 41.3 Å². The molecule has 2 unspecified atom stereocenters. The number of nitrogens with one attached hydrogen (secondary N) is 1. The number of fused-ring (bicyclic) bond motifs is 1. The number of aliphatic hydroxyl groups is 1. The lowest BCUT2D eigenvalue weighted by Crippen LogP contribution is -2.12. The summed E-state index contributed by atoms with van der Waals surface area (Å²) in [6, 6.07) is 6.40. The summed E-state index contributed by atoms with van der Waals surface area (Å²) < 4.78 is 40.7. The first kappa shape index (κ1) is 19.5. The molecule has 0 aliphatic carbocycles. The molecule has 0 saturated carbocycles. The van der Waals surface area contributed by atoms with Gasteiger partial charge in [-0.15, -0.1) is 0 Å². The molecule has 2 atom stereocenters. The number of benzene rings is 2. The first-order valence-corrected chi connectivity index (χ1v) is 8.79. The number of hydrogen-bond donors (Lipinski definition) is 2. The summed E-state index contributed by atoms with van der Waals surface area (Å²) >= 11 is 5.74. The quantitative estimate of drug-likeness (QED) is 0.622. The highest BCUT2D eigenvalue weighted by atomic mass is 35.5. The van der Waals surface area contributed by atoms with Gasteiger partial charge in [-0.1, -0.05) is 30.7 Å². The summed E-state index contributed by atoms with van der Waals surface area (Å²) in [5.74, 6) is -2.97. The van der Waals surface area contributed by atoms with Crippen LogP contribution >= 0.6 is 11.6 Å². The van der Waals surface area contributed by atoms with Crippen molar-refractivity contribution in [2.45, 2.75) is 31.8 Å². The van der Waals surface area contributed by atoms with Crippen molar-refractivity contribution < 1.29 is 18.3 Å². The van der Waals surface area contributed by atoms with E-state index in [-0.39, 0.29) is 16.3 Å². The molecule has 3 aromatic rings. The Bertz CT molecular complexity index is 1050. The molecule has 7 heteroatoms. The monoisotopic (exact) mass is 395 g/mol. The summed E-state index contributed by atoms with van der Waals surface area (Å²) in [4.78, 5) is 14.3. The fraction of sp³-hybridized carbons (Fsp3) is 0.250. The van der Waals surface area contributed by atoms with Crippen LogP contribution < -0.4 is 5.56 Å². The second-order valence-electron chi connectivity index (χ2n) is 6.52. The van der Waals surface area contributed by atoms with Crippen molar-refractivity contribution in [3.8, 4) is 0 Å². The van der Waals surface area contributed by atoms with Gasteiger partial charge in [0.25, 0.3) is 5.56 Å². The maximum absolute atomic E-state index is 14.0. The Kier molecular flexibility index (Phi) is 5.58. The molecule has 2 aromatic carbocycles. The molecule has 0 spiro atoms. The zero-order valence-electron chi connectivity index (χ0n) is 14.4. The molecular formula is C20H17ClF3NO2. The molecule has 1 heterocycles. The lowest BCUT2D eigenvalue weighted by Gasteiger charge is -2.17. The number of aliphatic hydroxyl groups excluding tert-OH is 1. The Morgan fingerprint density at radius 2 is 1.81 bits per heavy atom. The Balaban J connectivity index is 1.83. The second kappa shape index (κ2) is 7.74. The van der Waals surface area contributed by atoms with Gasteiger partial charge in [-0.25, -0.2) is 13.2 Å². The Hall–Kier alpha value is -2.31. The predicted molar refractivity (Wildman–Crippen MR) is 98.5 cm³/mol. The average molecular weight is 396 g/mol. The van der Waals surface area contributed by atoms with Gasteiger partial charge in [-0.2, -0.15) is 0 Å². The molecule has 0 aliphatic heterocycles. The summed E-state index contributed by atoms with van der Waals surface area (Å²) in [6.07, 6.45) is 1.46. The summed E-state index contributed by atoms with van der Waals surface area (Å²) in [7, 11) is 0. The largest absolute Gasteiger partial charge is 0.388 e. The summed E-state index contributed by atoms with van der Waals surface area (Å²) in [5.41, 5.74) is 0.444. The van der Waals surface area contributed by atoms with E-state index < -0.39 is 29.1 Å². The van der Waals surface area contributed by atoms with Gasteiger partial charge in [0.05, 0.1) is 16.5 Å². The van der Waals surface area contributed by atoms with Crippen LogP contribution in [-0.4, -0.2) is 10.1 Å². The van der Waals surface area contributed by atoms with Gasteiger partial charge in [0, 0.05) is 6.20 Å². The third kappa shape index (κ3) is 3.87. The molecule has 27 heavy (non-hydrogen) atoms. The van der Waals surface area contributed by atoms with E-state index in [0.717, 1.165) is 6.07 Å². The van der Waals surface area contributed by atoms with E-state index in [4.69, 9.17) is 11.6 Å². The smallest absolute Gasteiger partial charge is 0.258 e. The number of H-pyrrole nitrogens is 1. The van der Waals surface area contributed by atoms with Crippen LogP contribution in [0.1, 0.15) is 42.9 Å². The third-order valence-corrected chi connectivity index (χ3v) is 5.01. The number of halogens is 4. The van der Waals surface area contributed by atoms with Crippen LogP contribution in [0.5, 0.6) is 0 Å². The Morgan fingerprint density at radius 1 is 1.11 bits per heavy atom. The average Bonchev–Trinajstić information content (AvgIpc) is 2.64. The van der Waals surface area contributed by atoms with E-state index in [1.54, 1.807) is 0 Å². The van der Waals surface area contributed by atoms with Crippen molar-refractivity contribution in [2.75, 3.05) is 0 Å². The van der Waals surface area contributed by atoms with Gasteiger partial charge in [0.15, 0.2) is 11.6 Å². The van der Waals surface area contributed by atoms with E-state index in [9.17, 15) is 23.1 Å². The number of aromatic amines is 1. The number of aromatic nitrogens is 1. The molecular weight excluding hydrogens is 379 g/mol. The molecule has 2 N–H and O–H groups in total. The van der Waals surface area contributed by atoms with Crippen molar-refractivity contribution in [3.63, 3.8) is 0 Å². The molecule has 0 fully saturated rings.